The third kappa shape index (κ3) is 3.19. The molecule has 0 aliphatic carbocycles. The molecular weight excluding hydrogens is 290 g/mol. The molecule has 1 unspecified atom stereocenters. The van der Waals surface area contributed by atoms with Gasteiger partial charge in [-0.05, 0) is 37.5 Å². The summed E-state index contributed by atoms with van der Waals surface area (Å²) in [5.41, 5.74) is 7.09. The Morgan fingerprint density at radius 1 is 1.43 bits per heavy atom. The summed E-state index contributed by atoms with van der Waals surface area (Å²) in [5.74, 6) is -0.403. The molecule has 1 aromatic carbocycles. The van der Waals surface area contributed by atoms with Gasteiger partial charge in [-0.2, -0.15) is 4.31 Å². The maximum atomic E-state index is 12.6. The van der Waals surface area contributed by atoms with Gasteiger partial charge < -0.3 is 11.1 Å². The number of carbonyl (C=O) groups is 1. The standard InChI is InChI=1S/C14H21N3O3S/c1-10-5-6-12(8-13(10)15)21(19,20)17-7-3-4-11(9-17)14(18)16-2/h5-6,8,11H,3-4,7,9,15H2,1-2H3,(H,16,18). The highest BCUT2D eigenvalue weighted by Gasteiger charge is 2.33. The zero-order valence-corrected chi connectivity index (χ0v) is 13.1. The number of piperidine rings is 1. The first kappa shape index (κ1) is 15.8. The summed E-state index contributed by atoms with van der Waals surface area (Å²) in [5, 5.41) is 2.58. The number of nitrogens with one attached hydrogen (secondary N) is 1. The van der Waals surface area contributed by atoms with Crippen LogP contribution in [0.5, 0.6) is 0 Å². The van der Waals surface area contributed by atoms with Crippen molar-refractivity contribution in [2.45, 2.75) is 24.7 Å². The average Bonchev–Trinajstić information content (AvgIpc) is 2.49. The molecule has 21 heavy (non-hydrogen) atoms. The summed E-state index contributed by atoms with van der Waals surface area (Å²) in [4.78, 5) is 11.9. The number of anilines is 1. The van der Waals surface area contributed by atoms with Crippen LogP contribution in [0.4, 0.5) is 5.69 Å². The molecule has 0 spiro atoms. The normalized spacial score (nSPS) is 20.2. The number of sulfonamides is 1. The second-order valence-electron chi connectivity index (χ2n) is 5.33. The Morgan fingerprint density at radius 3 is 2.76 bits per heavy atom. The van der Waals surface area contributed by atoms with E-state index in [9.17, 15) is 13.2 Å². The van der Waals surface area contributed by atoms with Crippen LogP contribution in [0.1, 0.15) is 18.4 Å². The van der Waals surface area contributed by atoms with Crippen molar-refractivity contribution in [3.8, 4) is 0 Å². The van der Waals surface area contributed by atoms with Gasteiger partial charge in [-0.3, -0.25) is 4.79 Å². The predicted octanol–water partition coefficient (Wildman–Crippen LogP) is 0.724. The van der Waals surface area contributed by atoms with Crippen LogP contribution >= 0.6 is 0 Å². The molecule has 1 saturated heterocycles. The third-order valence-corrected chi connectivity index (χ3v) is 5.75. The maximum Gasteiger partial charge on any atom is 0.243 e. The van der Waals surface area contributed by atoms with Gasteiger partial charge in [0.25, 0.3) is 0 Å². The largest absolute Gasteiger partial charge is 0.398 e. The van der Waals surface area contributed by atoms with Gasteiger partial charge in [-0.1, -0.05) is 6.07 Å². The van der Waals surface area contributed by atoms with E-state index in [0.717, 1.165) is 5.56 Å². The lowest BCUT2D eigenvalue weighted by Gasteiger charge is -2.31. The quantitative estimate of drug-likeness (QED) is 0.805. The Labute approximate surface area is 125 Å². The minimum Gasteiger partial charge on any atom is -0.398 e. The lowest BCUT2D eigenvalue weighted by atomic mass is 9.99. The SMILES string of the molecule is CNC(=O)C1CCCN(S(=O)(=O)c2ccc(C)c(N)c2)C1. The lowest BCUT2D eigenvalue weighted by Crippen LogP contribution is -2.44. The van der Waals surface area contributed by atoms with Gasteiger partial charge in [0.15, 0.2) is 0 Å². The molecule has 1 fully saturated rings. The number of nitrogens with zero attached hydrogens (tertiary/aromatic N) is 1. The van der Waals surface area contributed by atoms with E-state index in [1.165, 1.54) is 10.4 Å². The van der Waals surface area contributed by atoms with Gasteiger partial charge in [0.2, 0.25) is 15.9 Å². The van der Waals surface area contributed by atoms with Gasteiger partial charge in [0.1, 0.15) is 0 Å². The minimum atomic E-state index is -3.60. The summed E-state index contributed by atoms with van der Waals surface area (Å²) >= 11 is 0. The molecule has 1 aliphatic heterocycles. The van der Waals surface area contributed by atoms with Gasteiger partial charge >= 0.3 is 0 Å². The van der Waals surface area contributed by atoms with Crippen molar-refractivity contribution in [2.24, 2.45) is 5.92 Å². The number of benzene rings is 1. The average molecular weight is 311 g/mol. The van der Waals surface area contributed by atoms with Crippen LogP contribution in [-0.4, -0.2) is 38.8 Å². The Morgan fingerprint density at radius 2 is 2.14 bits per heavy atom. The first-order valence-corrected chi connectivity index (χ1v) is 8.38. The van der Waals surface area contributed by atoms with Crippen molar-refractivity contribution in [3.63, 3.8) is 0 Å². The number of amides is 1. The predicted molar refractivity (Wildman–Crippen MR) is 81.1 cm³/mol. The fourth-order valence-electron chi connectivity index (χ4n) is 2.51. The van der Waals surface area contributed by atoms with Crippen molar-refractivity contribution >= 4 is 21.6 Å². The van der Waals surface area contributed by atoms with Crippen molar-refractivity contribution in [1.29, 1.82) is 0 Å². The molecule has 116 valence electrons. The topological polar surface area (TPSA) is 92.5 Å². The third-order valence-electron chi connectivity index (χ3n) is 3.89. The maximum absolute atomic E-state index is 12.6. The Balaban J connectivity index is 2.26. The zero-order valence-electron chi connectivity index (χ0n) is 12.3. The second kappa shape index (κ2) is 6.03. The monoisotopic (exact) mass is 311 g/mol. The van der Waals surface area contributed by atoms with Crippen molar-refractivity contribution in [2.75, 3.05) is 25.9 Å². The van der Waals surface area contributed by atoms with E-state index in [-0.39, 0.29) is 23.3 Å². The van der Waals surface area contributed by atoms with E-state index in [4.69, 9.17) is 5.73 Å². The van der Waals surface area contributed by atoms with E-state index in [1.54, 1.807) is 19.2 Å². The molecule has 1 heterocycles. The smallest absolute Gasteiger partial charge is 0.243 e. The molecule has 7 heteroatoms. The van der Waals surface area contributed by atoms with Crippen LogP contribution in [0.2, 0.25) is 0 Å². The van der Waals surface area contributed by atoms with E-state index >= 15 is 0 Å². The van der Waals surface area contributed by atoms with Gasteiger partial charge in [-0.25, -0.2) is 8.42 Å². The Bertz CT molecular complexity index is 643. The molecule has 1 atom stereocenters. The molecule has 0 radical (unpaired) electrons. The van der Waals surface area contributed by atoms with Crippen LogP contribution < -0.4 is 11.1 Å². The molecule has 3 N–H and O–H groups in total. The van der Waals surface area contributed by atoms with Crippen LogP contribution in [0.25, 0.3) is 0 Å². The second-order valence-corrected chi connectivity index (χ2v) is 7.27. The Hall–Kier alpha value is -1.60. The fraction of sp³-hybridized carbons (Fsp3) is 0.500. The first-order chi connectivity index (χ1) is 9.86. The summed E-state index contributed by atoms with van der Waals surface area (Å²) in [6.07, 6.45) is 1.39. The number of rotatable bonds is 3. The molecule has 6 nitrogen and oxygen atoms in total. The summed E-state index contributed by atoms with van der Waals surface area (Å²) in [6, 6.07) is 4.74. The Kier molecular flexibility index (Phi) is 4.53. The van der Waals surface area contributed by atoms with Crippen molar-refractivity contribution < 1.29 is 13.2 Å². The number of nitrogens with two attached hydrogens (primary N) is 1. The van der Waals surface area contributed by atoms with E-state index < -0.39 is 10.0 Å². The molecule has 0 aromatic heterocycles. The highest BCUT2D eigenvalue weighted by Crippen LogP contribution is 2.25. The summed E-state index contributed by atoms with van der Waals surface area (Å²) in [7, 11) is -2.04. The molecule has 1 amide bonds. The summed E-state index contributed by atoms with van der Waals surface area (Å²) < 4.78 is 26.7. The molecule has 0 bridgehead atoms. The molecule has 1 aliphatic rings. The number of carbonyl (C=O) groups excluding carboxylic acids is 1. The molecule has 1 aromatic rings. The van der Waals surface area contributed by atoms with Gasteiger partial charge in [0.05, 0.1) is 10.8 Å². The van der Waals surface area contributed by atoms with Crippen LogP contribution in [0, 0.1) is 12.8 Å². The highest BCUT2D eigenvalue weighted by molar-refractivity contribution is 7.89. The lowest BCUT2D eigenvalue weighted by molar-refractivity contribution is -0.125. The van der Waals surface area contributed by atoms with E-state index in [0.29, 0.717) is 25.1 Å². The first-order valence-electron chi connectivity index (χ1n) is 6.94. The molecular formula is C14H21N3O3S. The fourth-order valence-corrected chi connectivity index (χ4v) is 4.07. The van der Waals surface area contributed by atoms with Gasteiger partial charge in [-0.15, -0.1) is 0 Å². The number of hydrogen-bond donors (Lipinski definition) is 2. The minimum absolute atomic E-state index is 0.113. The number of aryl methyl sites for hydroxylation is 1. The van der Waals surface area contributed by atoms with Crippen LogP contribution in [-0.2, 0) is 14.8 Å². The van der Waals surface area contributed by atoms with Gasteiger partial charge in [0, 0.05) is 25.8 Å². The van der Waals surface area contributed by atoms with Crippen LogP contribution in [0.15, 0.2) is 23.1 Å². The van der Waals surface area contributed by atoms with Crippen molar-refractivity contribution in [1.82, 2.24) is 9.62 Å². The van der Waals surface area contributed by atoms with E-state index in [1.807, 2.05) is 6.92 Å². The molecule has 0 saturated carbocycles. The highest BCUT2D eigenvalue weighted by atomic mass is 32.2. The molecule has 2 rings (SSSR count). The van der Waals surface area contributed by atoms with Crippen LogP contribution in [0.3, 0.4) is 0 Å². The van der Waals surface area contributed by atoms with Crippen molar-refractivity contribution in [3.05, 3.63) is 23.8 Å². The summed E-state index contributed by atoms with van der Waals surface area (Å²) in [6.45, 7) is 2.48. The van der Waals surface area contributed by atoms with E-state index in [2.05, 4.69) is 5.32 Å². The zero-order chi connectivity index (χ0) is 15.6. The number of hydrogen-bond acceptors (Lipinski definition) is 4. The number of nitrogen functional groups attached to an aromatic ring is 1.